The molecule has 26 heavy (non-hydrogen) atoms. The molecule has 1 aliphatic rings. The Hall–Kier alpha value is -3.00. The molecule has 2 heterocycles. The lowest BCUT2D eigenvalue weighted by Crippen LogP contribution is -3.16. The highest BCUT2D eigenvalue weighted by molar-refractivity contribution is 5.96. The summed E-state index contributed by atoms with van der Waals surface area (Å²) in [5.74, 6) is 0.410. The number of nitrogens with one attached hydrogen (secondary N) is 3. The molecule has 1 aromatic carbocycles. The molecule has 1 atom stereocenters. The van der Waals surface area contributed by atoms with Crippen LogP contribution < -0.4 is 20.4 Å². The maximum atomic E-state index is 12.7. The van der Waals surface area contributed by atoms with Crippen molar-refractivity contribution in [3.63, 3.8) is 0 Å². The first-order valence-corrected chi connectivity index (χ1v) is 8.63. The minimum atomic E-state index is -0.494. The van der Waals surface area contributed by atoms with Gasteiger partial charge in [0.15, 0.2) is 6.04 Å². The van der Waals surface area contributed by atoms with E-state index in [1.54, 1.807) is 18.5 Å². The topological polar surface area (TPSA) is 91.7 Å². The molecule has 0 bridgehead atoms. The summed E-state index contributed by atoms with van der Waals surface area (Å²) in [5, 5.41) is 4.85. The molecule has 1 aromatic heterocycles. The van der Waals surface area contributed by atoms with Crippen molar-refractivity contribution in [1.82, 2.24) is 20.6 Å². The first-order valence-electron chi connectivity index (χ1n) is 8.63. The Bertz CT molecular complexity index is 732. The number of aromatic nitrogens is 2. The van der Waals surface area contributed by atoms with Gasteiger partial charge in [0.2, 0.25) is 5.95 Å². The van der Waals surface area contributed by atoms with Crippen molar-refractivity contribution >= 4 is 17.9 Å². The number of amides is 3. The zero-order valence-corrected chi connectivity index (χ0v) is 14.7. The average Bonchev–Trinajstić information content (AvgIpc) is 2.70. The van der Waals surface area contributed by atoms with E-state index in [2.05, 4.69) is 25.5 Å². The Morgan fingerprint density at radius 1 is 1.08 bits per heavy atom. The highest BCUT2D eigenvalue weighted by Gasteiger charge is 2.35. The fraction of sp³-hybridized carbons (Fsp3) is 0.333. The van der Waals surface area contributed by atoms with E-state index in [0.717, 1.165) is 36.6 Å². The fourth-order valence-corrected chi connectivity index (χ4v) is 3.20. The van der Waals surface area contributed by atoms with Crippen LogP contribution in [0.1, 0.15) is 11.6 Å². The van der Waals surface area contributed by atoms with Crippen LogP contribution in [0, 0.1) is 0 Å². The van der Waals surface area contributed by atoms with E-state index >= 15 is 0 Å². The standard InChI is InChI=1S/C18H22N6O2/c1-19-18(26)22-16(25)15(14-6-3-2-4-7-14)23-10-12-24(13-11-23)17-20-8-5-9-21-17/h2-9,15H,10-13H2,1H3,(H2,19,22,25,26)/p+1/t15-/m1/s1. The van der Waals surface area contributed by atoms with Gasteiger partial charge in [-0.1, -0.05) is 30.3 Å². The van der Waals surface area contributed by atoms with E-state index in [1.807, 2.05) is 30.3 Å². The van der Waals surface area contributed by atoms with Crippen molar-refractivity contribution < 1.29 is 14.5 Å². The third kappa shape index (κ3) is 4.15. The van der Waals surface area contributed by atoms with Gasteiger partial charge < -0.3 is 15.1 Å². The van der Waals surface area contributed by atoms with Gasteiger partial charge in [0.05, 0.1) is 26.2 Å². The molecule has 136 valence electrons. The first kappa shape index (κ1) is 17.8. The van der Waals surface area contributed by atoms with E-state index < -0.39 is 12.1 Å². The summed E-state index contributed by atoms with van der Waals surface area (Å²) in [7, 11) is 1.49. The van der Waals surface area contributed by atoms with Crippen molar-refractivity contribution in [3.05, 3.63) is 54.4 Å². The number of carbonyl (C=O) groups is 2. The first-order chi connectivity index (χ1) is 12.7. The van der Waals surface area contributed by atoms with Gasteiger partial charge in [0.25, 0.3) is 5.91 Å². The van der Waals surface area contributed by atoms with E-state index in [9.17, 15) is 9.59 Å². The third-order valence-corrected chi connectivity index (χ3v) is 4.51. The van der Waals surface area contributed by atoms with E-state index in [1.165, 1.54) is 7.05 Å². The molecule has 0 radical (unpaired) electrons. The molecule has 8 nitrogen and oxygen atoms in total. The molecule has 0 aliphatic carbocycles. The maximum Gasteiger partial charge on any atom is 0.321 e. The van der Waals surface area contributed by atoms with Crippen LogP contribution in [-0.4, -0.2) is 55.1 Å². The largest absolute Gasteiger partial charge is 0.341 e. The second-order valence-electron chi connectivity index (χ2n) is 6.11. The second kappa shape index (κ2) is 8.39. The summed E-state index contributed by atoms with van der Waals surface area (Å²) < 4.78 is 0. The van der Waals surface area contributed by atoms with E-state index in [0.29, 0.717) is 5.95 Å². The van der Waals surface area contributed by atoms with Crippen LogP contribution in [0.4, 0.5) is 10.7 Å². The maximum absolute atomic E-state index is 12.7. The predicted molar refractivity (Wildman–Crippen MR) is 96.7 cm³/mol. The van der Waals surface area contributed by atoms with Crippen molar-refractivity contribution in [2.24, 2.45) is 0 Å². The lowest BCUT2D eigenvalue weighted by molar-refractivity contribution is -0.922. The van der Waals surface area contributed by atoms with Gasteiger partial charge in [-0.25, -0.2) is 14.8 Å². The summed E-state index contributed by atoms with van der Waals surface area (Å²) in [6.45, 7) is 2.99. The van der Waals surface area contributed by atoms with E-state index in [-0.39, 0.29) is 5.91 Å². The van der Waals surface area contributed by atoms with Gasteiger partial charge in [-0.05, 0) is 6.07 Å². The summed E-state index contributed by atoms with van der Waals surface area (Å²) in [6.07, 6.45) is 3.45. The highest BCUT2D eigenvalue weighted by atomic mass is 16.2. The quantitative estimate of drug-likeness (QED) is 0.680. The molecule has 0 unspecified atom stereocenters. The molecule has 0 spiro atoms. The molecule has 1 aliphatic heterocycles. The number of rotatable bonds is 4. The van der Waals surface area contributed by atoms with Crippen LogP contribution in [0.2, 0.25) is 0 Å². The molecular formula is C18H23N6O2+. The van der Waals surface area contributed by atoms with Crippen LogP contribution in [-0.2, 0) is 4.79 Å². The number of piperazine rings is 1. The number of hydrogen-bond acceptors (Lipinski definition) is 5. The Morgan fingerprint density at radius 2 is 1.73 bits per heavy atom. The predicted octanol–water partition coefficient (Wildman–Crippen LogP) is -0.622. The zero-order chi connectivity index (χ0) is 18.4. The molecule has 1 saturated heterocycles. The summed E-state index contributed by atoms with van der Waals surface area (Å²) in [5.41, 5.74) is 0.897. The lowest BCUT2D eigenvalue weighted by Gasteiger charge is -2.35. The number of imide groups is 1. The Kier molecular flexibility index (Phi) is 5.75. The highest BCUT2D eigenvalue weighted by Crippen LogP contribution is 2.11. The average molecular weight is 355 g/mol. The summed E-state index contributed by atoms with van der Waals surface area (Å²) in [6, 6.07) is 10.4. The number of anilines is 1. The minimum Gasteiger partial charge on any atom is -0.341 e. The van der Waals surface area contributed by atoms with Crippen LogP contribution in [0.25, 0.3) is 0 Å². The summed E-state index contributed by atoms with van der Waals surface area (Å²) in [4.78, 5) is 36.1. The monoisotopic (exact) mass is 355 g/mol. The fourth-order valence-electron chi connectivity index (χ4n) is 3.20. The molecular weight excluding hydrogens is 332 g/mol. The number of carbonyl (C=O) groups excluding carboxylic acids is 2. The Labute approximate surface area is 152 Å². The van der Waals surface area contributed by atoms with Gasteiger partial charge in [-0.3, -0.25) is 10.1 Å². The number of quaternary nitrogens is 1. The Balaban J connectivity index is 1.74. The molecule has 1 fully saturated rings. The zero-order valence-electron chi connectivity index (χ0n) is 14.7. The van der Waals surface area contributed by atoms with Crippen LogP contribution in [0.15, 0.2) is 48.8 Å². The minimum absolute atomic E-state index is 0.296. The van der Waals surface area contributed by atoms with Crippen molar-refractivity contribution in [2.45, 2.75) is 6.04 Å². The Morgan fingerprint density at radius 3 is 2.35 bits per heavy atom. The van der Waals surface area contributed by atoms with Crippen LogP contribution in [0.5, 0.6) is 0 Å². The summed E-state index contributed by atoms with van der Waals surface area (Å²) >= 11 is 0. The van der Waals surface area contributed by atoms with Crippen LogP contribution in [0.3, 0.4) is 0 Å². The molecule has 0 saturated carbocycles. The SMILES string of the molecule is CNC(=O)NC(=O)[C@@H](c1ccccc1)[NH+]1CCN(c2ncccn2)CC1. The van der Waals surface area contributed by atoms with Crippen molar-refractivity contribution in [1.29, 1.82) is 0 Å². The van der Waals surface area contributed by atoms with Gasteiger partial charge in [-0.2, -0.15) is 0 Å². The number of benzene rings is 1. The number of hydrogen-bond donors (Lipinski definition) is 3. The van der Waals surface area contributed by atoms with Crippen LogP contribution >= 0.6 is 0 Å². The molecule has 2 aromatic rings. The van der Waals surface area contributed by atoms with E-state index in [4.69, 9.17) is 0 Å². The molecule has 3 amide bonds. The molecule has 8 heteroatoms. The normalized spacial score (nSPS) is 16.0. The van der Waals surface area contributed by atoms with Gasteiger partial charge in [-0.15, -0.1) is 0 Å². The third-order valence-electron chi connectivity index (χ3n) is 4.51. The number of urea groups is 1. The van der Waals surface area contributed by atoms with Gasteiger partial charge in [0, 0.05) is 25.0 Å². The molecule has 3 rings (SSSR count). The smallest absolute Gasteiger partial charge is 0.321 e. The number of nitrogens with zero attached hydrogens (tertiary/aromatic N) is 3. The van der Waals surface area contributed by atoms with Crippen molar-refractivity contribution in [3.8, 4) is 0 Å². The van der Waals surface area contributed by atoms with Crippen molar-refractivity contribution in [2.75, 3.05) is 38.1 Å². The van der Waals surface area contributed by atoms with Gasteiger partial charge in [0.1, 0.15) is 0 Å². The van der Waals surface area contributed by atoms with Gasteiger partial charge >= 0.3 is 6.03 Å². The molecule has 3 N–H and O–H groups in total. The lowest BCUT2D eigenvalue weighted by atomic mass is 10.0. The second-order valence-corrected chi connectivity index (χ2v) is 6.11.